The van der Waals surface area contributed by atoms with Crippen molar-refractivity contribution in [2.45, 2.75) is 77.4 Å². The Kier molecular flexibility index (Phi) is 9.39. The predicted octanol–water partition coefficient (Wildman–Crippen LogP) is 6.15. The first kappa shape index (κ1) is 22.3. The smallest absolute Gasteiger partial charge is 0.193 e. The molecule has 0 saturated heterocycles. The second-order valence-corrected chi connectivity index (χ2v) is 7.53. The van der Waals surface area contributed by atoms with E-state index in [2.05, 4.69) is 13.8 Å². The summed E-state index contributed by atoms with van der Waals surface area (Å²) in [6, 6.07) is 14.6. The van der Waals surface area contributed by atoms with Crippen LogP contribution >= 0.6 is 0 Å². The van der Waals surface area contributed by atoms with Crippen LogP contribution in [-0.2, 0) is 0 Å². The molecule has 2 aromatic rings. The Morgan fingerprint density at radius 3 is 1.50 bits per heavy atom. The van der Waals surface area contributed by atoms with Crippen molar-refractivity contribution < 1.29 is 15.0 Å². The molecule has 0 aromatic heterocycles. The van der Waals surface area contributed by atoms with Gasteiger partial charge in [-0.2, -0.15) is 0 Å². The van der Waals surface area contributed by atoms with Gasteiger partial charge in [0.15, 0.2) is 5.78 Å². The minimum Gasteiger partial charge on any atom is -0.388 e. The lowest BCUT2D eigenvalue weighted by Gasteiger charge is -2.18. The van der Waals surface area contributed by atoms with Gasteiger partial charge >= 0.3 is 0 Å². The Labute approximate surface area is 169 Å². The highest BCUT2D eigenvalue weighted by molar-refractivity contribution is 6.11. The minimum absolute atomic E-state index is 0.129. The maximum absolute atomic E-state index is 13.3. The molecule has 0 aliphatic heterocycles. The molecule has 28 heavy (non-hydrogen) atoms. The van der Waals surface area contributed by atoms with Crippen molar-refractivity contribution in [1.82, 2.24) is 0 Å². The predicted molar refractivity (Wildman–Crippen MR) is 115 cm³/mol. The Bertz CT molecular complexity index is 677. The van der Waals surface area contributed by atoms with E-state index in [0.29, 0.717) is 35.1 Å². The Morgan fingerprint density at radius 1 is 0.714 bits per heavy atom. The van der Waals surface area contributed by atoms with E-state index in [1.54, 1.807) is 12.1 Å². The lowest BCUT2D eigenvalue weighted by Crippen LogP contribution is -2.13. The highest BCUT2D eigenvalue weighted by Crippen LogP contribution is 2.29. The van der Waals surface area contributed by atoms with E-state index >= 15 is 0 Å². The van der Waals surface area contributed by atoms with Gasteiger partial charge in [0.1, 0.15) is 0 Å². The van der Waals surface area contributed by atoms with E-state index in [4.69, 9.17) is 0 Å². The second-order valence-electron chi connectivity index (χ2n) is 7.53. The Hall–Kier alpha value is -1.97. The van der Waals surface area contributed by atoms with Crippen molar-refractivity contribution in [2.75, 3.05) is 0 Å². The molecule has 0 fully saturated rings. The highest BCUT2D eigenvalue weighted by Gasteiger charge is 2.22. The summed E-state index contributed by atoms with van der Waals surface area (Å²) in [4.78, 5) is 13.3. The third kappa shape index (κ3) is 6.02. The molecule has 2 N–H and O–H groups in total. The largest absolute Gasteiger partial charge is 0.388 e. The van der Waals surface area contributed by atoms with Crippen molar-refractivity contribution in [3.8, 4) is 0 Å². The number of hydrogen-bond donors (Lipinski definition) is 2. The minimum atomic E-state index is -0.645. The molecule has 2 unspecified atom stereocenters. The zero-order chi connectivity index (χ0) is 20.4. The van der Waals surface area contributed by atoms with Gasteiger partial charge in [-0.05, 0) is 24.0 Å². The van der Waals surface area contributed by atoms with Gasteiger partial charge < -0.3 is 10.2 Å². The first-order valence-electron chi connectivity index (χ1n) is 10.7. The maximum Gasteiger partial charge on any atom is 0.193 e. The number of ketones is 1. The van der Waals surface area contributed by atoms with Crippen LogP contribution in [0.5, 0.6) is 0 Å². The number of aliphatic hydroxyl groups is 2. The topological polar surface area (TPSA) is 57.5 Å². The number of hydrogen-bond acceptors (Lipinski definition) is 3. The summed E-state index contributed by atoms with van der Waals surface area (Å²) in [5.74, 6) is -0.129. The molecule has 0 amide bonds. The van der Waals surface area contributed by atoms with Crippen LogP contribution in [0.1, 0.15) is 104 Å². The monoisotopic (exact) mass is 382 g/mol. The van der Waals surface area contributed by atoms with Crippen LogP contribution in [0.15, 0.2) is 48.5 Å². The quantitative estimate of drug-likeness (QED) is 0.342. The molecule has 2 rings (SSSR count). The zero-order valence-corrected chi connectivity index (χ0v) is 17.2. The van der Waals surface area contributed by atoms with Gasteiger partial charge in [-0.3, -0.25) is 4.79 Å². The highest BCUT2D eigenvalue weighted by atomic mass is 16.3. The van der Waals surface area contributed by atoms with E-state index in [0.717, 1.165) is 38.5 Å². The number of carbonyl (C=O) groups is 1. The summed E-state index contributed by atoms with van der Waals surface area (Å²) in [7, 11) is 0. The molecule has 3 heteroatoms. The Balaban J connectivity index is 2.27. The van der Waals surface area contributed by atoms with Gasteiger partial charge in [0.25, 0.3) is 0 Å². The van der Waals surface area contributed by atoms with Crippen molar-refractivity contribution in [2.24, 2.45) is 0 Å². The summed E-state index contributed by atoms with van der Waals surface area (Å²) in [5, 5.41) is 21.3. The molecule has 0 heterocycles. The molecule has 0 aliphatic rings. The van der Waals surface area contributed by atoms with Crippen LogP contribution in [-0.4, -0.2) is 16.0 Å². The van der Waals surface area contributed by atoms with E-state index in [1.807, 2.05) is 36.4 Å². The fourth-order valence-electron chi connectivity index (χ4n) is 3.62. The molecule has 2 aromatic carbocycles. The molecule has 0 radical (unpaired) electrons. The number of carbonyl (C=O) groups excluding carboxylic acids is 1. The first-order valence-corrected chi connectivity index (χ1v) is 10.7. The van der Waals surface area contributed by atoms with Crippen LogP contribution < -0.4 is 0 Å². The first-order chi connectivity index (χ1) is 13.6. The van der Waals surface area contributed by atoms with Crippen LogP contribution in [0.25, 0.3) is 0 Å². The molecule has 0 spiro atoms. The summed E-state index contributed by atoms with van der Waals surface area (Å²) < 4.78 is 0. The molecule has 0 saturated carbocycles. The zero-order valence-electron chi connectivity index (χ0n) is 17.2. The fourth-order valence-corrected chi connectivity index (χ4v) is 3.62. The summed E-state index contributed by atoms with van der Waals surface area (Å²) in [5.41, 5.74) is 2.41. The average molecular weight is 383 g/mol. The molecule has 152 valence electrons. The third-order valence-corrected chi connectivity index (χ3v) is 5.29. The van der Waals surface area contributed by atoms with E-state index in [1.165, 1.54) is 0 Å². The maximum atomic E-state index is 13.3. The standard InChI is InChI=1S/C25H34O3/c1-3-5-7-17-23(26)19-13-9-11-15-21(19)25(28)22-16-12-10-14-20(22)24(27)18-8-6-4-2/h9-16,23-24,26-27H,3-8,17-18H2,1-2H3. The normalized spacial score (nSPS) is 13.3. The van der Waals surface area contributed by atoms with Gasteiger partial charge in [0, 0.05) is 11.1 Å². The van der Waals surface area contributed by atoms with Gasteiger partial charge in [-0.25, -0.2) is 0 Å². The lowest BCUT2D eigenvalue weighted by atomic mass is 9.89. The van der Waals surface area contributed by atoms with E-state index in [9.17, 15) is 15.0 Å². The van der Waals surface area contributed by atoms with Gasteiger partial charge in [0.2, 0.25) is 0 Å². The molecular weight excluding hydrogens is 348 g/mol. The van der Waals surface area contributed by atoms with Gasteiger partial charge in [-0.1, -0.05) is 101 Å². The molecule has 3 nitrogen and oxygen atoms in total. The lowest BCUT2D eigenvalue weighted by molar-refractivity contribution is 0.101. The van der Waals surface area contributed by atoms with E-state index in [-0.39, 0.29) is 5.78 Å². The van der Waals surface area contributed by atoms with Crippen molar-refractivity contribution in [1.29, 1.82) is 0 Å². The Morgan fingerprint density at radius 2 is 1.11 bits per heavy atom. The van der Waals surface area contributed by atoms with E-state index < -0.39 is 12.2 Å². The van der Waals surface area contributed by atoms with Gasteiger partial charge in [-0.15, -0.1) is 0 Å². The van der Waals surface area contributed by atoms with Crippen LogP contribution in [0, 0.1) is 0 Å². The second kappa shape index (κ2) is 11.8. The van der Waals surface area contributed by atoms with Crippen molar-refractivity contribution in [3.63, 3.8) is 0 Å². The summed E-state index contributed by atoms with van der Waals surface area (Å²) in [6.45, 7) is 4.26. The summed E-state index contributed by atoms with van der Waals surface area (Å²) >= 11 is 0. The van der Waals surface area contributed by atoms with Crippen LogP contribution in [0.4, 0.5) is 0 Å². The third-order valence-electron chi connectivity index (χ3n) is 5.29. The van der Waals surface area contributed by atoms with Crippen LogP contribution in [0.2, 0.25) is 0 Å². The summed E-state index contributed by atoms with van der Waals surface area (Å²) in [6.07, 6.45) is 6.22. The van der Waals surface area contributed by atoms with Gasteiger partial charge in [0.05, 0.1) is 12.2 Å². The van der Waals surface area contributed by atoms with Crippen LogP contribution in [0.3, 0.4) is 0 Å². The molecule has 0 aliphatic carbocycles. The molecule has 0 bridgehead atoms. The molecule has 2 atom stereocenters. The number of unbranched alkanes of at least 4 members (excludes halogenated alkanes) is 4. The molecular formula is C25H34O3. The van der Waals surface area contributed by atoms with Crippen molar-refractivity contribution in [3.05, 3.63) is 70.8 Å². The number of rotatable bonds is 12. The average Bonchev–Trinajstić information content (AvgIpc) is 2.73. The fraction of sp³-hybridized carbons (Fsp3) is 0.480. The number of benzene rings is 2. The number of aliphatic hydroxyl groups excluding tert-OH is 2. The SMILES string of the molecule is CCCCCC(O)c1ccccc1C(=O)c1ccccc1C(O)CCCCC. The van der Waals surface area contributed by atoms with Crippen molar-refractivity contribution >= 4 is 5.78 Å².